The number of piperidine rings is 1. The fraction of sp³-hybridized carbons (Fsp3) is 0.412. The van der Waals surface area contributed by atoms with E-state index < -0.39 is 0 Å². The van der Waals surface area contributed by atoms with Gasteiger partial charge in [0, 0.05) is 32.0 Å². The number of anilines is 1. The number of hydrogen-bond acceptors (Lipinski definition) is 5. The largest absolute Gasteiger partial charge is 0.364 e. The summed E-state index contributed by atoms with van der Waals surface area (Å²) >= 11 is 0. The number of pyridine rings is 1. The Morgan fingerprint density at radius 1 is 1.26 bits per heavy atom. The van der Waals surface area contributed by atoms with Crippen LogP contribution >= 0.6 is 0 Å². The zero-order chi connectivity index (χ0) is 16.1. The Balaban J connectivity index is 1.57. The Kier molecular flexibility index (Phi) is 4.80. The smallest absolute Gasteiger partial charge is 0.274 e. The maximum absolute atomic E-state index is 12.4. The second kappa shape index (κ2) is 7.17. The van der Waals surface area contributed by atoms with Gasteiger partial charge in [-0.05, 0) is 42.5 Å². The molecule has 120 valence electrons. The quantitative estimate of drug-likeness (QED) is 0.938. The van der Waals surface area contributed by atoms with Gasteiger partial charge in [0.1, 0.15) is 5.82 Å². The number of amides is 1. The van der Waals surface area contributed by atoms with E-state index in [2.05, 4.69) is 27.4 Å². The van der Waals surface area contributed by atoms with Crippen molar-refractivity contribution in [3.8, 4) is 0 Å². The Morgan fingerprint density at radius 3 is 2.74 bits per heavy atom. The van der Waals surface area contributed by atoms with E-state index in [1.165, 1.54) is 0 Å². The second-order valence-corrected chi connectivity index (χ2v) is 5.99. The fourth-order valence-electron chi connectivity index (χ4n) is 2.61. The molecule has 0 aromatic carbocycles. The molecule has 2 aromatic rings. The SMILES string of the molecule is CC1CCN(C(=O)c2ccc(NCc3cccnc3)nn2)CC1. The maximum atomic E-state index is 12.4. The molecule has 23 heavy (non-hydrogen) atoms. The molecule has 0 saturated carbocycles. The number of nitrogens with one attached hydrogen (secondary N) is 1. The predicted octanol–water partition coefficient (Wildman–Crippen LogP) is 2.36. The fourth-order valence-corrected chi connectivity index (χ4v) is 2.61. The van der Waals surface area contributed by atoms with Gasteiger partial charge in [0.05, 0.1) is 0 Å². The zero-order valence-corrected chi connectivity index (χ0v) is 13.3. The highest BCUT2D eigenvalue weighted by Crippen LogP contribution is 2.17. The van der Waals surface area contributed by atoms with Crippen molar-refractivity contribution in [2.75, 3.05) is 18.4 Å². The second-order valence-electron chi connectivity index (χ2n) is 5.99. The summed E-state index contributed by atoms with van der Waals surface area (Å²) in [5.41, 5.74) is 1.48. The summed E-state index contributed by atoms with van der Waals surface area (Å²) in [5.74, 6) is 1.32. The Hall–Kier alpha value is -2.50. The van der Waals surface area contributed by atoms with Crippen LogP contribution in [-0.4, -0.2) is 39.1 Å². The van der Waals surface area contributed by atoms with E-state index in [0.717, 1.165) is 31.5 Å². The lowest BCUT2D eigenvalue weighted by Gasteiger charge is -2.29. The number of carbonyl (C=O) groups is 1. The van der Waals surface area contributed by atoms with Crippen LogP contribution in [0.1, 0.15) is 35.8 Å². The minimum Gasteiger partial charge on any atom is -0.364 e. The maximum Gasteiger partial charge on any atom is 0.274 e. The third-order valence-electron chi connectivity index (χ3n) is 4.15. The topological polar surface area (TPSA) is 71.0 Å². The molecule has 0 spiro atoms. The van der Waals surface area contributed by atoms with Gasteiger partial charge in [-0.2, -0.15) is 0 Å². The van der Waals surface area contributed by atoms with E-state index in [1.807, 2.05) is 17.0 Å². The number of likely N-dealkylation sites (tertiary alicyclic amines) is 1. The Bertz CT molecular complexity index is 636. The van der Waals surface area contributed by atoms with Crippen LogP contribution < -0.4 is 5.32 Å². The number of nitrogens with zero attached hydrogens (tertiary/aromatic N) is 4. The van der Waals surface area contributed by atoms with Gasteiger partial charge in [-0.3, -0.25) is 9.78 Å². The van der Waals surface area contributed by atoms with Crippen LogP contribution in [0.15, 0.2) is 36.7 Å². The van der Waals surface area contributed by atoms with E-state index in [4.69, 9.17) is 0 Å². The van der Waals surface area contributed by atoms with E-state index in [9.17, 15) is 4.79 Å². The van der Waals surface area contributed by atoms with Crippen LogP contribution in [0, 0.1) is 5.92 Å². The first-order chi connectivity index (χ1) is 11.2. The van der Waals surface area contributed by atoms with Crippen molar-refractivity contribution in [1.29, 1.82) is 0 Å². The summed E-state index contributed by atoms with van der Waals surface area (Å²) in [6.07, 6.45) is 5.66. The molecule has 0 unspecified atom stereocenters. The number of hydrogen-bond donors (Lipinski definition) is 1. The Labute approximate surface area is 136 Å². The van der Waals surface area contributed by atoms with Crippen molar-refractivity contribution in [3.05, 3.63) is 47.9 Å². The van der Waals surface area contributed by atoms with Crippen molar-refractivity contribution in [2.24, 2.45) is 5.92 Å². The van der Waals surface area contributed by atoms with Crippen molar-refractivity contribution < 1.29 is 4.79 Å². The molecule has 2 aromatic heterocycles. The first kappa shape index (κ1) is 15.4. The van der Waals surface area contributed by atoms with Gasteiger partial charge in [-0.15, -0.1) is 10.2 Å². The summed E-state index contributed by atoms with van der Waals surface area (Å²) in [6, 6.07) is 7.41. The molecule has 1 aliphatic rings. The standard InChI is InChI=1S/C17H21N5O/c1-13-6-9-22(10-7-13)17(23)15-4-5-16(21-20-15)19-12-14-3-2-8-18-11-14/h2-5,8,11,13H,6-7,9-10,12H2,1H3,(H,19,21). The minimum absolute atomic E-state index is 0.0248. The van der Waals surface area contributed by atoms with Gasteiger partial charge in [0.15, 0.2) is 5.69 Å². The molecule has 3 heterocycles. The lowest BCUT2D eigenvalue weighted by molar-refractivity contribution is 0.0690. The Morgan fingerprint density at radius 2 is 2.09 bits per heavy atom. The summed E-state index contributed by atoms with van der Waals surface area (Å²) < 4.78 is 0. The van der Waals surface area contributed by atoms with Gasteiger partial charge in [0.2, 0.25) is 0 Å². The van der Waals surface area contributed by atoms with Gasteiger partial charge >= 0.3 is 0 Å². The average Bonchev–Trinajstić information content (AvgIpc) is 2.61. The summed E-state index contributed by atoms with van der Waals surface area (Å²) in [5, 5.41) is 11.3. The predicted molar refractivity (Wildman–Crippen MR) is 87.9 cm³/mol. The molecule has 3 rings (SSSR count). The van der Waals surface area contributed by atoms with Crippen molar-refractivity contribution in [1.82, 2.24) is 20.1 Å². The minimum atomic E-state index is -0.0248. The monoisotopic (exact) mass is 311 g/mol. The third-order valence-corrected chi connectivity index (χ3v) is 4.15. The first-order valence-corrected chi connectivity index (χ1v) is 7.98. The van der Waals surface area contributed by atoms with Crippen molar-refractivity contribution in [3.63, 3.8) is 0 Å². The molecule has 0 bridgehead atoms. The number of carbonyl (C=O) groups excluding carboxylic acids is 1. The van der Waals surface area contributed by atoms with Crippen LogP contribution in [0.3, 0.4) is 0 Å². The highest BCUT2D eigenvalue weighted by atomic mass is 16.2. The van der Waals surface area contributed by atoms with E-state index in [1.54, 1.807) is 24.5 Å². The summed E-state index contributed by atoms with van der Waals surface area (Å²) in [4.78, 5) is 18.3. The van der Waals surface area contributed by atoms with Crippen LogP contribution in [0.5, 0.6) is 0 Å². The molecule has 0 aliphatic carbocycles. The molecule has 6 heteroatoms. The molecule has 6 nitrogen and oxygen atoms in total. The first-order valence-electron chi connectivity index (χ1n) is 7.98. The molecular weight excluding hydrogens is 290 g/mol. The van der Waals surface area contributed by atoms with E-state index in [0.29, 0.717) is 24.0 Å². The summed E-state index contributed by atoms with van der Waals surface area (Å²) in [6.45, 7) is 4.47. The van der Waals surface area contributed by atoms with Crippen molar-refractivity contribution >= 4 is 11.7 Å². The highest BCUT2D eigenvalue weighted by Gasteiger charge is 2.22. The normalized spacial score (nSPS) is 15.4. The molecule has 0 radical (unpaired) electrons. The van der Waals surface area contributed by atoms with Crippen LogP contribution in [0.25, 0.3) is 0 Å². The lowest BCUT2D eigenvalue weighted by atomic mass is 9.99. The molecule has 1 aliphatic heterocycles. The molecule has 1 N–H and O–H groups in total. The molecule has 1 amide bonds. The van der Waals surface area contributed by atoms with Crippen LogP contribution in [-0.2, 0) is 6.54 Å². The van der Waals surface area contributed by atoms with Crippen LogP contribution in [0.2, 0.25) is 0 Å². The number of aromatic nitrogens is 3. The van der Waals surface area contributed by atoms with Crippen molar-refractivity contribution in [2.45, 2.75) is 26.3 Å². The zero-order valence-electron chi connectivity index (χ0n) is 13.3. The molecule has 1 fully saturated rings. The molecule has 1 saturated heterocycles. The lowest BCUT2D eigenvalue weighted by Crippen LogP contribution is -2.38. The molecule has 0 atom stereocenters. The van der Waals surface area contributed by atoms with Crippen LogP contribution in [0.4, 0.5) is 5.82 Å². The van der Waals surface area contributed by atoms with Gasteiger partial charge in [0.25, 0.3) is 5.91 Å². The highest BCUT2D eigenvalue weighted by molar-refractivity contribution is 5.92. The summed E-state index contributed by atoms with van der Waals surface area (Å²) in [7, 11) is 0. The van der Waals surface area contributed by atoms with Gasteiger partial charge < -0.3 is 10.2 Å². The molecular formula is C17H21N5O. The van der Waals surface area contributed by atoms with E-state index in [-0.39, 0.29) is 5.91 Å². The van der Waals surface area contributed by atoms with E-state index >= 15 is 0 Å². The average molecular weight is 311 g/mol. The number of rotatable bonds is 4. The van der Waals surface area contributed by atoms with Gasteiger partial charge in [-0.25, -0.2) is 0 Å². The third kappa shape index (κ3) is 4.03. The van der Waals surface area contributed by atoms with Gasteiger partial charge in [-0.1, -0.05) is 13.0 Å².